The van der Waals surface area contributed by atoms with Crippen LogP contribution in [0.2, 0.25) is 0 Å². The van der Waals surface area contributed by atoms with Crippen LogP contribution in [-0.4, -0.2) is 26.7 Å². The van der Waals surface area contributed by atoms with E-state index in [2.05, 4.69) is 15.1 Å². The molecule has 0 saturated heterocycles. The van der Waals surface area contributed by atoms with Gasteiger partial charge in [0.2, 0.25) is 5.82 Å². The van der Waals surface area contributed by atoms with E-state index in [-0.39, 0.29) is 35.2 Å². The fraction of sp³-hybridized carbons (Fsp3) is 0.333. The second-order valence-corrected chi connectivity index (χ2v) is 10.4. The standard InChI is InChI=1S/C30H30F3N3O3/c1-18-9-6-7-10-22(18)23-14-13-20(16-24(23)30(31,32)33)28-35-27(36-39-28)21-15-19(2)25(34-17-21)11-8-12-26(37)38-29(3,4)5/h6-7,9-10,13-17H,8,11-12H2,1-5H3. The van der Waals surface area contributed by atoms with Crippen molar-refractivity contribution in [3.8, 4) is 34.0 Å². The van der Waals surface area contributed by atoms with Gasteiger partial charge in [0.1, 0.15) is 5.60 Å². The SMILES string of the molecule is Cc1ccccc1-c1ccc(-c2nc(-c3cnc(CCCC(=O)OC(C)(C)C)c(C)c3)no2)cc1C(F)(F)F. The fourth-order valence-electron chi connectivity index (χ4n) is 4.26. The van der Waals surface area contributed by atoms with E-state index in [1.807, 2.05) is 33.8 Å². The second-order valence-electron chi connectivity index (χ2n) is 10.4. The van der Waals surface area contributed by atoms with Gasteiger partial charge < -0.3 is 9.26 Å². The first-order chi connectivity index (χ1) is 18.3. The number of halogens is 3. The molecule has 0 amide bonds. The first-order valence-electron chi connectivity index (χ1n) is 12.6. The molecule has 0 unspecified atom stereocenters. The highest BCUT2D eigenvalue weighted by atomic mass is 19.4. The smallest absolute Gasteiger partial charge is 0.417 e. The summed E-state index contributed by atoms with van der Waals surface area (Å²) in [4.78, 5) is 20.8. The molecule has 4 rings (SSSR count). The molecule has 2 aromatic heterocycles. The molecule has 0 spiro atoms. The number of carbonyl (C=O) groups is 1. The number of rotatable bonds is 7. The highest BCUT2D eigenvalue weighted by Gasteiger charge is 2.34. The van der Waals surface area contributed by atoms with Crippen LogP contribution in [0.5, 0.6) is 0 Å². The Hall–Kier alpha value is -4.01. The summed E-state index contributed by atoms with van der Waals surface area (Å²) in [6.45, 7) is 9.15. The van der Waals surface area contributed by atoms with Gasteiger partial charge in [0.15, 0.2) is 0 Å². The molecule has 4 aromatic rings. The van der Waals surface area contributed by atoms with Crippen LogP contribution < -0.4 is 0 Å². The molecular formula is C30H30F3N3O3. The molecule has 0 bridgehead atoms. The predicted molar refractivity (Wildman–Crippen MR) is 142 cm³/mol. The third kappa shape index (κ3) is 6.90. The van der Waals surface area contributed by atoms with Crippen LogP contribution in [0.1, 0.15) is 56.0 Å². The Kier molecular flexibility index (Phi) is 7.90. The Morgan fingerprint density at radius 3 is 2.36 bits per heavy atom. The van der Waals surface area contributed by atoms with E-state index < -0.39 is 17.3 Å². The molecule has 6 nitrogen and oxygen atoms in total. The normalized spacial score (nSPS) is 12.0. The van der Waals surface area contributed by atoms with Crippen LogP contribution in [0.4, 0.5) is 13.2 Å². The Morgan fingerprint density at radius 1 is 0.949 bits per heavy atom. The van der Waals surface area contributed by atoms with E-state index in [1.165, 1.54) is 6.07 Å². The molecule has 0 radical (unpaired) electrons. The number of esters is 1. The van der Waals surface area contributed by atoms with Gasteiger partial charge in [-0.25, -0.2) is 0 Å². The van der Waals surface area contributed by atoms with Crippen LogP contribution in [0.15, 0.2) is 59.3 Å². The maximum absolute atomic E-state index is 14.0. The summed E-state index contributed by atoms with van der Waals surface area (Å²) in [5.41, 5.74) is 2.49. The molecule has 0 N–H and O–H groups in total. The molecular weight excluding hydrogens is 507 g/mol. The second kappa shape index (κ2) is 11.0. The summed E-state index contributed by atoms with van der Waals surface area (Å²) in [6, 6.07) is 12.8. The Balaban J connectivity index is 1.53. The minimum atomic E-state index is -4.57. The molecule has 2 aromatic carbocycles. The Labute approximate surface area is 225 Å². The molecule has 39 heavy (non-hydrogen) atoms. The lowest BCUT2D eigenvalue weighted by Crippen LogP contribution is -2.23. The number of aryl methyl sites for hydroxylation is 3. The Bertz CT molecular complexity index is 1490. The van der Waals surface area contributed by atoms with Crippen molar-refractivity contribution in [1.29, 1.82) is 0 Å². The van der Waals surface area contributed by atoms with Gasteiger partial charge in [-0.2, -0.15) is 18.2 Å². The minimum Gasteiger partial charge on any atom is -0.460 e. The average molecular weight is 538 g/mol. The molecule has 0 aliphatic carbocycles. The number of aromatic nitrogens is 3. The largest absolute Gasteiger partial charge is 0.460 e. The van der Waals surface area contributed by atoms with E-state index in [0.29, 0.717) is 24.0 Å². The fourth-order valence-corrected chi connectivity index (χ4v) is 4.26. The van der Waals surface area contributed by atoms with Gasteiger partial charge in [0.25, 0.3) is 5.89 Å². The number of nitrogens with zero attached hydrogens (tertiary/aromatic N) is 3. The van der Waals surface area contributed by atoms with E-state index >= 15 is 0 Å². The zero-order valence-electron chi connectivity index (χ0n) is 22.5. The predicted octanol–water partition coefficient (Wildman–Crippen LogP) is 7.77. The van der Waals surface area contributed by atoms with Gasteiger partial charge in [-0.1, -0.05) is 35.5 Å². The van der Waals surface area contributed by atoms with Gasteiger partial charge in [-0.3, -0.25) is 9.78 Å². The summed E-state index contributed by atoms with van der Waals surface area (Å²) < 4.78 is 52.7. The lowest BCUT2D eigenvalue weighted by Gasteiger charge is -2.19. The molecule has 0 fully saturated rings. The van der Waals surface area contributed by atoms with Crippen molar-refractivity contribution in [1.82, 2.24) is 15.1 Å². The summed E-state index contributed by atoms with van der Waals surface area (Å²) in [6.07, 6.45) is -1.51. The molecule has 0 aliphatic heterocycles. The van der Waals surface area contributed by atoms with Crippen molar-refractivity contribution in [3.63, 3.8) is 0 Å². The van der Waals surface area contributed by atoms with E-state index in [1.54, 1.807) is 43.5 Å². The third-order valence-corrected chi connectivity index (χ3v) is 6.09. The topological polar surface area (TPSA) is 78.1 Å². The number of alkyl halides is 3. The van der Waals surface area contributed by atoms with Crippen molar-refractivity contribution >= 4 is 5.97 Å². The van der Waals surface area contributed by atoms with Gasteiger partial charge in [-0.05, 0) is 87.9 Å². The molecule has 9 heteroatoms. The maximum atomic E-state index is 14.0. The van der Waals surface area contributed by atoms with Crippen molar-refractivity contribution in [3.05, 3.63) is 77.1 Å². The van der Waals surface area contributed by atoms with Crippen LogP contribution in [-0.2, 0) is 22.1 Å². The average Bonchev–Trinajstić information content (AvgIpc) is 3.34. The number of hydrogen-bond donors (Lipinski definition) is 0. The molecule has 0 aliphatic rings. The zero-order chi connectivity index (χ0) is 28.4. The van der Waals surface area contributed by atoms with E-state index in [4.69, 9.17) is 9.26 Å². The number of pyridine rings is 1. The number of ether oxygens (including phenoxy) is 1. The first-order valence-corrected chi connectivity index (χ1v) is 12.6. The lowest BCUT2D eigenvalue weighted by molar-refractivity contribution is -0.154. The maximum Gasteiger partial charge on any atom is 0.417 e. The monoisotopic (exact) mass is 537 g/mol. The van der Waals surface area contributed by atoms with Gasteiger partial charge in [0, 0.05) is 29.4 Å². The van der Waals surface area contributed by atoms with Gasteiger partial charge >= 0.3 is 12.1 Å². The van der Waals surface area contributed by atoms with Crippen LogP contribution in [0.3, 0.4) is 0 Å². The molecule has 0 atom stereocenters. The van der Waals surface area contributed by atoms with Crippen molar-refractivity contribution in [2.75, 3.05) is 0 Å². The van der Waals surface area contributed by atoms with Crippen molar-refractivity contribution in [2.24, 2.45) is 0 Å². The molecule has 0 saturated carbocycles. The summed E-state index contributed by atoms with van der Waals surface area (Å²) in [5, 5.41) is 3.97. The quantitative estimate of drug-likeness (QED) is 0.224. The number of benzene rings is 2. The summed E-state index contributed by atoms with van der Waals surface area (Å²) >= 11 is 0. The number of hydrogen-bond acceptors (Lipinski definition) is 6. The van der Waals surface area contributed by atoms with Gasteiger partial charge in [0.05, 0.1) is 5.56 Å². The summed E-state index contributed by atoms with van der Waals surface area (Å²) in [5.74, 6) is -0.0555. The van der Waals surface area contributed by atoms with Crippen LogP contribution in [0, 0.1) is 13.8 Å². The molecule has 2 heterocycles. The highest BCUT2D eigenvalue weighted by molar-refractivity contribution is 5.74. The first kappa shape index (κ1) is 28.0. The van der Waals surface area contributed by atoms with Gasteiger partial charge in [-0.15, -0.1) is 0 Å². The molecule has 204 valence electrons. The highest BCUT2D eigenvalue weighted by Crippen LogP contribution is 2.40. The van der Waals surface area contributed by atoms with E-state index in [9.17, 15) is 18.0 Å². The van der Waals surface area contributed by atoms with Crippen LogP contribution in [0.25, 0.3) is 34.0 Å². The minimum absolute atomic E-state index is 0.0223. The number of carbonyl (C=O) groups excluding carboxylic acids is 1. The van der Waals surface area contributed by atoms with Crippen molar-refractivity contribution in [2.45, 2.75) is 65.7 Å². The van der Waals surface area contributed by atoms with Crippen LogP contribution >= 0.6 is 0 Å². The van der Waals surface area contributed by atoms with E-state index in [0.717, 1.165) is 22.9 Å². The zero-order valence-corrected chi connectivity index (χ0v) is 22.5. The summed E-state index contributed by atoms with van der Waals surface area (Å²) in [7, 11) is 0. The van der Waals surface area contributed by atoms with Crippen molar-refractivity contribution < 1.29 is 27.2 Å². The lowest BCUT2D eigenvalue weighted by atomic mass is 9.94. The Morgan fingerprint density at radius 2 is 1.69 bits per heavy atom. The third-order valence-electron chi connectivity index (χ3n) is 6.09.